The highest BCUT2D eigenvalue weighted by Gasteiger charge is 2.35. The number of benzene rings is 1. The second-order valence-corrected chi connectivity index (χ2v) is 4.19. The van der Waals surface area contributed by atoms with Crippen LogP contribution in [0.5, 0.6) is 0 Å². The standard InChI is InChI=1S/C12H9F6N3/c13-11(14,15)9-5-8(2-1-7(9)6-19)21-4-3-10(20-21)12(16,17)18/h1-5H,6,19H2. The van der Waals surface area contributed by atoms with Gasteiger partial charge in [0, 0.05) is 12.7 Å². The van der Waals surface area contributed by atoms with Gasteiger partial charge in [-0.05, 0) is 23.8 Å². The van der Waals surface area contributed by atoms with Crippen molar-refractivity contribution in [2.24, 2.45) is 5.73 Å². The predicted molar refractivity (Wildman–Crippen MR) is 61.5 cm³/mol. The summed E-state index contributed by atoms with van der Waals surface area (Å²) < 4.78 is 76.6. The van der Waals surface area contributed by atoms with Gasteiger partial charge < -0.3 is 5.73 Å². The topological polar surface area (TPSA) is 43.8 Å². The maximum atomic E-state index is 12.9. The Hall–Kier alpha value is -2.03. The normalized spacial score (nSPS) is 12.7. The predicted octanol–water partition coefficient (Wildman–Crippen LogP) is 3.37. The van der Waals surface area contributed by atoms with Gasteiger partial charge in [-0.1, -0.05) is 6.07 Å². The van der Waals surface area contributed by atoms with Crippen LogP contribution in [0.1, 0.15) is 16.8 Å². The van der Waals surface area contributed by atoms with Crippen LogP contribution in [0.2, 0.25) is 0 Å². The summed E-state index contributed by atoms with van der Waals surface area (Å²) in [6.45, 7) is -0.331. The molecule has 0 radical (unpaired) electrons. The molecule has 0 aliphatic heterocycles. The third-order valence-electron chi connectivity index (χ3n) is 2.76. The number of nitrogens with zero attached hydrogens (tertiary/aromatic N) is 2. The Bertz CT molecular complexity index is 641. The van der Waals surface area contributed by atoms with E-state index in [1.165, 1.54) is 6.07 Å². The fourth-order valence-electron chi connectivity index (χ4n) is 1.77. The Kier molecular flexibility index (Phi) is 3.70. The molecule has 3 nitrogen and oxygen atoms in total. The maximum Gasteiger partial charge on any atom is 0.435 e. The Labute approximate surface area is 115 Å². The summed E-state index contributed by atoms with van der Waals surface area (Å²) in [5.41, 5.74) is 2.78. The lowest BCUT2D eigenvalue weighted by atomic mass is 10.1. The molecule has 0 amide bonds. The highest BCUT2D eigenvalue weighted by Crippen LogP contribution is 2.34. The van der Waals surface area contributed by atoms with E-state index >= 15 is 0 Å². The summed E-state index contributed by atoms with van der Waals surface area (Å²) in [7, 11) is 0. The molecule has 21 heavy (non-hydrogen) atoms. The second kappa shape index (κ2) is 5.06. The summed E-state index contributed by atoms with van der Waals surface area (Å²) in [6, 6.07) is 3.75. The number of halogens is 6. The van der Waals surface area contributed by atoms with Gasteiger partial charge >= 0.3 is 12.4 Å². The van der Waals surface area contributed by atoms with Gasteiger partial charge in [0.25, 0.3) is 0 Å². The quantitative estimate of drug-likeness (QED) is 0.864. The molecule has 2 aromatic rings. The van der Waals surface area contributed by atoms with Crippen molar-refractivity contribution in [3.8, 4) is 5.69 Å². The van der Waals surface area contributed by atoms with Crippen molar-refractivity contribution >= 4 is 0 Å². The first-order valence-electron chi connectivity index (χ1n) is 5.66. The van der Waals surface area contributed by atoms with Crippen LogP contribution in [0.25, 0.3) is 5.69 Å². The zero-order chi connectivity index (χ0) is 15.8. The molecule has 0 bridgehead atoms. The van der Waals surface area contributed by atoms with Gasteiger partial charge in [-0.15, -0.1) is 0 Å². The lowest BCUT2D eigenvalue weighted by Crippen LogP contribution is -2.13. The monoisotopic (exact) mass is 309 g/mol. The first-order valence-corrected chi connectivity index (χ1v) is 5.66. The first kappa shape index (κ1) is 15.4. The minimum Gasteiger partial charge on any atom is -0.326 e. The van der Waals surface area contributed by atoms with Gasteiger partial charge in [-0.25, -0.2) is 4.68 Å². The fraction of sp³-hybridized carbons (Fsp3) is 0.250. The van der Waals surface area contributed by atoms with Gasteiger partial charge in [0.15, 0.2) is 5.69 Å². The van der Waals surface area contributed by atoms with Gasteiger partial charge in [0.2, 0.25) is 0 Å². The molecule has 0 aliphatic rings. The highest BCUT2D eigenvalue weighted by atomic mass is 19.4. The molecule has 2 rings (SSSR count). The lowest BCUT2D eigenvalue weighted by molar-refractivity contribution is -0.141. The van der Waals surface area contributed by atoms with E-state index in [0.717, 1.165) is 23.0 Å². The summed E-state index contributed by atoms with van der Waals surface area (Å²) in [5, 5.41) is 3.22. The second-order valence-electron chi connectivity index (χ2n) is 4.19. The smallest absolute Gasteiger partial charge is 0.326 e. The number of alkyl halides is 6. The molecule has 0 spiro atoms. The molecule has 1 aromatic carbocycles. The molecule has 0 atom stereocenters. The fourth-order valence-corrected chi connectivity index (χ4v) is 1.77. The molecular weight excluding hydrogens is 300 g/mol. The number of aromatic nitrogens is 2. The Morgan fingerprint density at radius 1 is 1.00 bits per heavy atom. The van der Waals surface area contributed by atoms with Crippen LogP contribution >= 0.6 is 0 Å². The van der Waals surface area contributed by atoms with Crippen LogP contribution in [-0.4, -0.2) is 9.78 Å². The van der Waals surface area contributed by atoms with E-state index in [4.69, 9.17) is 5.73 Å². The zero-order valence-corrected chi connectivity index (χ0v) is 10.3. The minimum atomic E-state index is -4.66. The van der Waals surface area contributed by atoms with Crippen molar-refractivity contribution in [1.82, 2.24) is 9.78 Å². The summed E-state index contributed by atoms with van der Waals surface area (Å²) >= 11 is 0. The highest BCUT2D eigenvalue weighted by molar-refractivity contribution is 5.42. The molecular formula is C12H9F6N3. The van der Waals surface area contributed by atoms with E-state index in [2.05, 4.69) is 5.10 Å². The van der Waals surface area contributed by atoms with Crippen molar-refractivity contribution in [1.29, 1.82) is 0 Å². The molecule has 1 heterocycles. The maximum absolute atomic E-state index is 12.9. The number of rotatable bonds is 2. The molecule has 114 valence electrons. The molecule has 0 unspecified atom stereocenters. The van der Waals surface area contributed by atoms with Crippen molar-refractivity contribution in [2.75, 3.05) is 0 Å². The summed E-state index contributed by atoms with van der Waals surface area (Å²) in [4.78, 5) is 0. The van der Waals surface area contributed by atoms with Gasteiger partial charge in [0.1, 0.15) is 0 Å². The Morgan fingerprint density at radius 2 is 1.67 bits per heavy atom. The van der Waals surface area contributed by atoms with Crippen molar-refractivity contribution in [3.63, 3.8) is 0 Å². The van der Waals surface area contributed by atoms with Crippen LogP contribution < -0.4 is 5.73 Å². The van der Waals surface area contributed by atoms with Crippen LogP contribution in [0.15, 0.2) is 30.5 Å². The van der Waals surface area contributed by atoms with E-state index in [9.17, 15) is 26.3 Å². The number of nitrogens with two attached hydrogens (primary N) is 1. The summed E-state index contributed by atoms with van der Waals surface area (Å²) in [6.07, 6.45) is -8.36. The molecule has 2 N–H and O–H groups in total. The molecule has 0 aliphatic carbocycles. The van der Waals surface area contributed by atoms with Crippen molar-refractivity contribution < 1.29 is 26.3 Å². The van der Waals surface area contributed by atoms with Crippen LogP contribution in [0.4, 0.5) is 26.3 Å². The SMILES string of the molecule is NCc1ccc(-n2ccc(C(F)(F)F)n2)cc1C(F)(F)F. The van der Waals surface area contributed by atoms with E-state index in [0.29, 0.717) is 6.07 Å². The average Bonchev–Trinajstić information content (AvgIpc) is 2.86. The molecule has 9 heteroatoms. The molecule has 0 saturated heterocycles. The van der Waals surface area contributed by atoms with E-state index < -0.39 is 23.6 Å². The van der Waals surface area contributed by atoms with Crippen molar-refractivity contribution in [2.45, 2.75) is 18.9 Å². The average molecular weight is 309 g/mol. The zero-order valence-electron chi connectivity index (χ0n) is 10.3. The van der Waals surface area contributed by atoms with E-state index in [-0.39, 0.29) is 17.8 Å². The summed E-state index contributed by atoms with van der Waals surface area (Å²) in [5.74, 6) is 0. The van der Waals surface area contributed by atoms with Gasteiger partial charge in [-0.3, -0.25) is 0 Å². The Balaban J connectivity index is 2.48. The Morgan fingerprint density at radius 3 is 2.14 bits per heavy atom. The van der Waals surface area contributed by atoms with Crippen LogP contribution in [-0.2, 0) is 18.9 Å². The third-order valence-corrected chi connectivity index (χ3v) is 2.76. The molecule has 0 fully saturated rings. The van der Waals surface area contributed by atoms with Gasteiger partial charge in [-0.2, -0.15) is 31.4 Å². The van der Waals surface area contributed by atoms with E-state index in [1.54, 1.807) is 0 Å². The first-order chi connectivity index (χ1) is 9.63. The third kappa shape index (κ3) is 3.18. The van der Waals surface area contributed by atoms with Crippen LogP contribution in [0, 0.1) is 0 Å². The number of hydrogen-bond acceptors (Lipinski definition) is 2. The van der Waals surface area contributed by atoms with Crippen molar-refractivity contribution in [3.05, 3.63) is 47.3 Å². The lowest BCUT2D eigenvalue weighted by Gasteiger charge is -2.13. The number of hydrogen-bond donors (Lipinski definition) is 1. The van der Waals surface area contributed by atoms with Gasteiger partial charge in [0.05, 0.1) is 11.3 Å². The molecule has 1 aromatic heterocycles. The minimum absolute atomic E-state index is 0.130. The van der Waals surface area contributed by atoms with E-state index in [1.807, 2.05) is 0 Å². The molecule has 0 saturated carbocycles. The largest absolute Gasteiger partial charge is 0.435 e. The van der Waals surface area contributed by atoms with Crippen LogP contribution in [0.3, 0.4) is 0 Å².